The summed E-state index contributed by atoms with van der Waals surface area (Å²) in [6.07, 6.45) is 4.90. The van der Waals surface area contributed by atoms with Crippen molar-refractivity contribution in [3.05, 3.63) is 64.9 Å². The fraction of sp³-hybridized carbons (Fsp3) is 0.348. The highest BCUT2D eigenvalue weighted by molar-refractivity contribution is 6.23. The average molecular weight is 347 g/mol. The van der Waals surface area contributed by atoms with Crippen molar-refractivity contribution in [3.8, 4) is 11.1 Å². The minimum absolute atomic E-state index is 0.145. The second-order valence-electron chi connectivity index (χ2n) is 7.72. The molecule has 1 heterocycles. The molecule has 2 aliphatic rings. The number of aliphatic hydroxyl groups is 1. The van der Waals surface area contributed by atoms with Gasteiger partial charge in [0.2, 0.25) is 0 Å². The van der Waals surface area contributed by atoms with E-state index in [0.29, 0.717) is 5.57 Å². The topological polar surface area (TPSA) is 49.3 Å². The summed E-state index contributed by atoms with van der Waals surface area (Å²) in [5.74, 6) is 0.0971. The first kappa shape index (κ1) is 16.9. The maximum atomic E-state index is 12.8. The van der Waals surface area contributed by atoms with Crippen LogP contribution in [0.1, 0.15) is 48.8 Å². The van der Waals surface area contributed by atoms with Crippen molar-refractivity contribution in [2.24, 2.45) is 0 Å². The number of nitrogens with one attached hydrogen (secondary N) is 1. The molecule has 0 saturated heterocycles. The van der Waals surface area contributed by atoms with Crippen LogP contribution in [0, 0.1) is 13.8 Å². The average Bonchev–Trinajstić information content (AvgIpc) is 2.87. The second kappa shape index (κ2) is 6.31. The summed E-state index contributed by atoms with van der Waals surface area (Å²) >= 11 is 0. The highest BCUT2D eigenvalue weighted by Crippen LogP contribution is 2.42. The zero-order chi connectivity index (χ0) is 18.3. The quantitative estimate of drug-likeness (QED) is 0.796. The molecule has 26 heavy (non-hydrogen) atoms. The Labute approximate surface area is 154 Å². The fourth-order valence-electron chi connectivity index (χ4n) is 4.27. The fourth-order valence-corrected chi connectivity index (χ4v) is 4.27. The zero-order valence-corrected chi connectivity index (χ0v) is 15.4. The van der Waals surface area contributed by atoms with Crippen LogP contribution in [-0.4, -0.2) is 16.6 Å². The van der Waals surface area contributed by atoms with E-state index in [1.165, 1.54) is 12.0 Å². The molecule has 1 spiro atoms. The molecule has 1 saturated carbocycles. The van der Waals surface area contributed by atoms with Crippen LogP contribution in [0.25, 0.3) is 16.7 Å². The van der Waals surface area contributed by atoms with Gasteiger partial charge in [-0.1, -0.05) is 61.2 Å². The van der Waals surface area contributed by atoms with Crippen molar-refractivity contribution in [2.45, 2.75) is 51.5 Å². The molecule has 0 unspecified atom stereocenters. The maximum Gasteiger partial charge on any atom is 0.256 e. The normalized spacial score (nSPS) is 19.1. The van der Waals surface area contributed by atoms with E-state index in [4.69, 9.17) is 0 Å². The number of amides is 1. The third kappa shape index (κ3) is 2.72. The predicted molar refractivity (Wildman–Crippen MR) is 105 cm³/mol. The van der Waals surface area contributed by atoms with Gasteiger partial charge in [-0.05, 0) is 55.0 Å². The summed E-state index contributed by atoms with van der Waals surface area (Å²) in [7, 11) is 0. The number of rotatable bonds is 2. The van der Waals surface area contributed by atoms with Crippen molar-refractivity contribution in [1.82, 2.24) is 5.32 Å². The standard InChI is InChI=1S/C23H25NO2/c1-15-6-9-17(10-7-15)18-11-8-16(2)19(14-18)20-21(25)23(24-22(20)26)12-4-3-5-13-23/h6-11,14,25H,3-5,12-13H2,1-2H3,(H,24,26). The lowest BCUT2D eigenvalue weighted by atomic mass is 9.80. The minimum atomic E-state index is -0.545. The number of benzene rings is 2. The van der Waals surface area contributed by atoms with Gasteiger partial charge in [0.25, 0.3) is 5.91 Å². The molecule has 2 N–H and O–H groups in total. The third-order valence-electron chi connectivity index (χ3n) is 5.87. The summed E-state index contributed by atoms with van der Waals surface area (Å²) in [6, 6.07) is 14.5. The van der Waals surface area contributed by atoms with Crippen LogP contribution in [0.2, 0.25) is 0 Å². The van der Waals surface area contributed by atoms with Crippen molar-refractivity contribution >= 4 is 11.5 Å². The van der Waals surface area contributed by atoms with E-state index in [2.05, 4.69) is 42.6 Å². The molecule has 3 heteroatoms. The van der Waals surface area contributed by atoms with E-state index in [-0.39, 0.29) is 11.7 Å². The third-order valence-corrected chi connectivity index (χ3v) is 5.87. The number of aliphatic hydroxyl groups excluding tert-OH is 1. The lowest BCUT2D eigenvalue weighted by Crippen LogP contribution is -2.46. The highest BCUT2D eigenvalue weighted by atomic mass is 16.3. The zero-order valence-electron chi connectivity index (χ0n) is 15.4. The molecule has 0 atom stereocenters. The predicted octanol–water partition coefficient (Wildman–Crippen LogP) is 5.07. The molecule has 2 aromatic carbocycles. The van der Waals surface area contributed by atoms with Crippen LogP contribution in [0.4, 0.5) is 0 Å². The van der Waals surface area contributed by atoms with Crippen molar-refractivity contribution in [1.29, 1.82) is 0 Å². The molecule has 134 valence electrons. The number of carbonyl (C=O) groups excluding carboxylic acids is 1. The molecule has 0 aromatic heterocycles. The van der Waals surface area contributed by atoms with E-state index in [1.54, 1.807) is 0 Å². The van der Waals surface area contributed by atoms with Gasteiger partial charge in [-0.15, -0.1) is 0 Å². The lowest BCUT2D eigenvalue weighted by Gasteiger charge is -2.33. The molecule has 3 nitrogen and oxygen atoms in total. The van der Waals surface area contributed by atoms with Gasteiger partial charge in [0.15, 0.2) is 0 Å². The molecule has 1 aliphatic heterocycles. The first-order valence-electron chi connectivity index (χ1n) is 9.44. The van der Waals surface area contributed by atoms with Gasteiger partial charge in [-0.2, -0.15) is 0 Å². The Balaban J connectivity index is 1.80. The van der Waals surface area contributed by atoms with Crippen molar-refractivity contribution in [3.63, 3.8) is 0 Å². The van der Waals surface area contributed by atoms with Crippen LogP contribution in [0.3, 0.4) is 0 Å². The van der Waals surface area contributed by atoms with E-state index in [1.807, 2.05) is 19.1 Å². The Bertz CT molecular complexity index is 887. The Hall–Kier alpha value is -2.55. The van der Waals surface area contributed by atoms with Gasteiger partial charge in [0.05, 0.1) is 11.1 Å². The SMILES string of the molecule is Cc1ccc(-c2ccc(C)c(C3=C(O)C4(CCCCC4)NC3=O)c2)cc1. The molecule has 4 rings (SSSR count). The molecular weight excluding hydrogens is 322 g/mol. The first-order chi connectivity index (χ1) is 12.5. The summed E-state index contributed by atoms with van der Waals surface area (Å²) in [6.45, 7) is 4.06. The molecule has 2 aromatic rings. The van der Waals surface area contributed by atoms with Gasteiger partial charge >= 0.3 is 0 Å². The van der Waals surface area contributed by atoms with Crippen LogP contribution >= 0.6 is 0 Å². The van der Waals surface area contributed by atoms with Gasteiger partial charge < -0.3 is 10.4 Å². The number of carbonyl (C=O) groups is 1. The van der Waals surface area contributed by atoms with Crippen LogP contribution in [-0.2, 0) is 4.79 Å². The maximum absolute atomic E-state index is 12.8. The lowest BCUT2D eigenvalue weighted by molar-refractivity contribution is -0.116. The minimum Gasteiger partial charge on any atom is -0.509 e. The highest BCUT2D eigenvalue weighted by Gasteiger charge is 2.46. The van der Waals surface area contributed by atoms with Crippen LogP contribution in [0.15, 0.2) is 48.2 Å². The summed E-state index contributed by atoms with van der Waals surface area (Å²) in [5, 5.41) is 14.1. The van der Waals surface area contributed by atoms with Crippen molar-refractivity contribution < 1.29 is 9.90 Å². The van der Waals surface area contributed by atoms with Gasteiger partial charge in [0.1, 0.15) is 5.76 Å². The monoisotopic (exact) mass is 347 g/mol. The summed E-state index contributed by atoms with van der Waals surface area (Å²) in [5.41, 5.74) is 5.14. The van der Waals surface area contributed by atoms with Gasteiger partial charge in [-0.25, -0.2) is 0 Å². The molecule has 1 amide bonds. The number of aryl methyl sites for hydroxylation is 2. The molecule has 0 radical (unpaired) electrons. The van der Waals surface area contributed by atoms with Gasteiger partial charge in [0, 0.05) is 0 Å². The Morgan fingerprint density at radius 3 is 2.27 bits per heavy atom. The van der Waals surface area contributed by atoms with Crippen molar-refractivity contribution in [2.75, 3.05) is 0 Å². The Morgan fingerprint density at radius 1 is 0.923 bits per heavy atom. The first-order valence-corrected chi connectivity index (χ1v) is 9.44. The number of hydrogen-bond donors (Lipinski definition) is 2. The number of hydrogen-bond acceptors (Lipinski definition) is 2. The van der Waals surface area contributed by atoms with E-state index in [9.17, 15) is 9.90 Å². The molecule has 1 aliphatic carbocycles. The van der Waals surface area contributed by atoms with E-state index >= 15 is 0 Å². The van der Waals surface area contributed by atoms with Gasteiger partial charge in [-0.3, -0.25) is 4.79 Å². The summed E-state index contributed by atoms with van der Waals surface area (Å²) in [4.78, 5) is 12.8. The largest absolute Gasteiger partial charge is 0.509 e. The second-order valence-corrected chi connectivity index (χ2v) is 7.72. The molecule has 1 fully saturated rings. The van der Waals surface area contributed by atoms with Crippen LogP contribution < -0.4 is 5.32 Å². The van der Waals surface area contributed by atoms with Crippen LogP contribution in [0.5, 0.6) is 0 Å². The Morgan fingerprint density at radius 2 is 1.58 bits per heavy atom. The van der Waals surface area contributed by atoms with E-state index < -0.39 is 5.54 Å². The molecule has 0 bridgehead atoms. The summed E-state index contributed by atoms with van der Waals surface area (Å²) < 4.78 is 0. The van der Waals surface area contributed by atoms with E-state index in [0.717, 1.165) is 47.9 Å². The molecular formula is C23H25NO2. The smallest absolute Gasteiger partial charge is 0.256 e. The Kier molecular flexibility index (Phi) is 4.10.